The van der Waals surface area contributed by atoms with Crippen molar-refractivity contribution in [3.05, 3.63) is 35.1 Å². The average molecular weight is 236 g/mol. The van der Waals surface area contributed by atoms with Crippen molar-refractivity contribution in [1.29, 1.82) is 0 Å². The summed E-state index contributed by atoms with van der Waals surface area (Å²) in [5.74, 6) is 0.107. The van der Waals surface area contributed by atoms with Crippen molar-refractivity contribution in [3.8, 4) is 0 Å². The fourth-order valence-corrected chi connectivity index (χ4v) is 0.673. The van der Waals surface area contributed by atoms with Crippen LogP contribution in [-0.4, -0.2) is 0 Å². The van der Waals surface area contributed by atoms with E-state index >= 15 is 0 Å². The molecule has 1 nitrogen and oxygen atoms in total. The molecule has 0 N–H and O–H groups in total. The van der Waals surface area contributed by atoms with Crippen LogP contribution in [0, 0.1) is 0 Å². The van der Waals surface area contributed by atoms with E-state index in [0.29, 0.717) is 5.57 Å². The molecule has 0 heterocycles. The van der Waals surface area contributed by atoms with E-state index in [1.54, 1.807) is 27.7 Å². The van der Waals surface area contributed by atoms with Crippen LogP contribution in [0.2, 0.25) is 0 Å². The van der Waals surface area contributed by atoms with Crippen molar-refractivity contribution in [3.63, 3.8) is 0 Å². The van der Waals surface area contributed by atoms with Crippen molar-refractivity contribution in [2.75, 3.05) is 0 Å². The minimum absolute atomic E-state index is 0.107. The second-order valence-electron chi connectivity index (χ2n) is 3.22. The van der Waals surface area contributed by atoms with E-state index in [9.17, 15) is 13.2 Å². The molecule has 16 heavy (non-hydrogen) atoms. The largest absolute Gasteiger partial charge is 0.428 e. The zero-order valence-electron chi connectivity index (χ0n) is 10.6. The van der Waals surface area contributed by atoms with Crippen molar-refractivity contribution >= 4 is 0 Å². The maximum atomic E-state index is 12.4. The van der Waals surface area contributed by atoms with E-state index < -0.39 is 12.1 Å². The number of hydrogen-bond donors (Lipinski definition) is 0. The highest BCUT2D eigenvalue weighted by Crippen LogP contribution is 2.19. The van der Waals surface area contributed by atoms with E-state index in [4.69, 9.17) is 0 Å². The Kier molecular flexibility index (Phi) is 9.75. The van der Waals surface area contributed by atoms with Crippen molar-refractivity contribution in [1.82, 2.24) is 0 Å². The molecule has 0 aliphatic heterocycles. The number of ether oxygens (including phenoxy) is 1. The van der Waals surface area contributed by atoms with E-state index in [2.05, 4.69) is 4.74 Å². The summed E-state index contributed by atoms with van der Waals surface area (Å²) in [6.07, 6.45) is -0.955. The van der Waals surface area contributed by atoms with Crippen LogP contribution in [0.1, 0.15) is 41.5 Å². The summed E-state index contributed by atoms with van der Waals surface area (Å²) in [5, 5.41) is 0. The third-order valence-electron chi connectivity index (χ3n) is 1.26. The zero-order valence-corrected chi connectivity index (χ0v) is 10.6. The minimum Gasteiger partial charge on any atom is -0.428 e. The molecule has 0 aliphatic rings. The lowest BCUT2D eigenvalue weighted by molar-refractivity contribution is 0.182. The quantitative estimate of drug-likeness (QED) is 0.475. The standard InChI is InChI=1S/C10H13F3O.C2H6/c1-6(2)5-8(7(3)4)14-10(13)9(11)12;1-2/h5H,1-4H3;1-2H3. The molecule has 0 aromatic heterocycles. The van der Waals surface area contributed by atoms with Crippen molar-refractivity contribution < 1.29 is 17.9 Å². The van der Waals surface area contributed by atoms with E-state index in [-0.39, 0.29) is 5.76 Å². The maximum absolute atomic E-state index is 12.4. The van der Waals surface area contributed by atoms with Gasteiger partial charge in [0.25, 0.3) is 0 Å². The number of hydrogen-bond acceptors (Lipinski definition) is 1. The highest BCUT2D eigenvalue weighted by Gasteiger charge is 2.09. The summed E-state index contributed by atoms with van der Waals surface area (Å²) in [7, 11) is 0. The Labute approximate surface area is 95.3 Å². The Morgan fingerprint density at radius 1 is 0.938 bits per heavy atom. The highest BCUT2D eigenvalue weighted by molar-refractivity contribution is 5.21. The topological polar surface area (TPSA) is 9.23 Å². The van der Waals surface area contributed by atoms with E-state index in [0.717, 1.165) is 5.57 Å². The van der Waals surface area contributed by atoms with E-state index in [1.165, 1.54) is 6.08 Å². The number of halogens is 3. The van der Waals surface area contributed by atoms with Gasteiger partial charge in [0.05, 0.1) is 0 Å². The van der Waals surface area contributed by atoms with Crippen LogP contribution in [0.15, 0.2) is 35.1 Å². The van der Waals surface area contributed by atoms with Crippen LogP contribution in [-0.2, 0) is 4.74 Å². The summed E-state index contributed by atoms with van der Waals surface area (Å²) in [6.45, 7) is 10.8. The predicted octanol–water partition coefficient (Wildman–Crippen LogP) is 5.32. The van der Waals surface area contributed by atoms with Crippen LogP contribution in [0.5, 0.6) is 0 Å². The summed E-state index contributed by atoms with van der Waals surface area (Å²) in [4.78, 5) is 0. The molecule has 94 valence electrons. The fraction of sp³-hybridized carbons (Fsp3) is 0.500. The molecule has 0 radical (unpaired) electrons. The summed E-state index contributed by atoms with van der Waals surface area (Å²) < 4.78 is 40.2. The SMILES string of the molecule is CC.CC(C)=CC(OC(F)=C(F)F)=C(C)C. The van der Waals surface area contributed by atoms with E-state index in [1.807, 2.05) is 13.8 Å². The Bertz CT molecular complexity index is 289. The molecule has 0 aromatic rings. The monoisotopic (exact) mass is 236 g/mol. The van der Waals surface area contributed by atoms with Gasteiger partial charge < -0.3 is 4.74 Å². The van der Waals surface area contributed by atoms with Gasteiger partial charge in [-0.25, -0.2) is 0 Å². The van der Waals surface area contributed by atoms with Gasteiger partial charge in [0.1, 0.15) is 5.76 Å². The molecule has 0 spiro atoms. The molecule has 0 rings (SSSR count). The third kappa shape index (κ3) is 8.15. The lowest BCUT2D eigenvalue weighted by Gasteiger charge is -2.05. The molecular formula is C12H19F3O. The Hall–Kier alpha value is -1.19. The average Bonchev–Trinajstić information content (AvgIpc) is 2.18. The second-order valence-corrected chi connectivity index (χ2v) is 3.22. The van der Waals surface area contributed by atoms with Gasteiger partial charge in [-0.1, -0.05) is 19.4 Å². The molecule has 0 unspecified atom stereocenters. The smallest absolute Gasteiger partial charge is 0.344 e. The molecule has 0 saturated heterocycles. The van der Waals surface area contributed by atoms with Gasteiger partial charge in [-0.3, -0.25) is 0 Å². The van der Waals surface area contributed by atoms with Gasteiger partial charge in [0.2, 0.25) is 0 Å². The van der Waals surface area contributed by atoms with Crippen LogP contribution in [0.3, 0.4) is 0 Å². The van der Waals surface area contributed by atoms with Gasteiger partial charge >= 0.3 is 12.1 Å². The molecule has 0 aliphatic carbocycles. The first-order chi connectivity index (χ1) is 7.34. The van der Waals surface area contributed by atoms with Gasteiger partial charge in [-0.2, -0.15) is 13.2 Å². The molecule has 0 amide bonds. The molecule has 0 aromatic carbocycles. The minimum atomic E-state index is -2.45. The van der Waals surface area contributed by atoms with Crippen LogP contribution in [0.4, 0.5) is 13.2 Å². The van der Waals surface area contributed by atoms with Crippen LogP contribution in [0.25, 0.3) is 0 Å². The van der Waals surface area contributed by atoms with Gasteiger partial charge in [-0.05, 0) is 39.3 Å². The Balaban J connectivity index is 0. The zero-order chi connectivity index (χ0) is 13.3. The Morgan fingerprint density at radius 2 is 1.38 bits per heavy atom. The molecule has 4 heteroatoms. The first kappa shape index (κ1) is 17.2. The highest BCUT2D eigenvalue weighted by atomic mass is 19.3. The van der Waals surface area contributed by atoms with Crippen molar-refractivity contribution in [2.24, 2.45) is 0 Å². The molecule has 0 bridgehead atoms. The molecule has 0 fully saturated rings. The third-order valence-corrected chi connectivity index (χ3v) is 1.26. The lowest BCUT2D eigenvalue weighted by atomic mass is 10.2. The fourth-order valence-electron chi connectivity index (χ4n) is 0.673. The van der Waals surface area contributed by atoms with Crippen molar-refractivity contribution in [2.45, 2.75) is 41.5 Å². The summed E-state index contributed by atoms with van der Waals surface area (Å²) >= 11 is 0. The van der Waals surface area contributed by atoms with Gasteiger partial charge in [-0.15, -0.1) is 0 Å². The Morgan fingerprint density at radius 3 is 1.62 bits per heavy atom. The first-order valence-corrected chi connectivity index (χ1v) is 5.05. The predicted molar refractivity (Wildman–Crippen MR) is 60.6 cm³/mol. The maximum Gasteiger partial charge on any atom is 0.344 e. The van der Waals surface area contributed by atoms with Crippen LogP contribution >= 0.6 is 0 Å². The first-order valence-electron chi connectivity index (χ1n) is 5.05. The van der Waals surface area contributed by atoms with Gasteiger partial charge in [0, 0.05) is 0 Å². The molecule has 0 saturated carbocycles. The summed E-state index contributed by atoms with van der Waals surface area (Å²) in [6, 6.07) is -1.85. The van der Waals surface area contributed by atoms with Crippen LogP contribution < -0.4 is 0 Å². The summed E-state index contributed by atoms with van der Waals surface area (Å²) in [5.41, 5.74) is 1.47. The normalized spacial score (nSPS) is 8.31. The lowest BCUT2D eigenvalue weighted by Crippen LogP contribution is -1.91. The van der Waals surface area contributed by atoms with Gasteiger partial charge in [0.15, 0.2) is 0 Å². The second kappa shape index (κ2) is 9.07. The number of rotatable bonds is 3. The molecular weight excluding hydrogens is 217 g/mol. The molecule has 0 atom stereocenters. The number of allylic oxidation sites excluding steroid dienone is 3.